The first-order valence-electron chi connectivity index (χ1n) is 7.44. The van der Waals surface area contributed by atoms with Gasteiger partial charge in [0.05, 0.1) is 17.6 Å². The van der Waals surface area contributed by atoms with Crippen molar-refractivity contribution in [1.29, 1.82) is 0 Å². The minimum atomic E-state index is 0.0936. The van der Waals surface area contributed by atoms with Crippen molar-refractivity contribution in [3.05, 3.63) is 41.7 Å². The summed E-state index contributed by atoms with van der Waals surface area (Å²) in [7, 11) is 0. The lowest BCUT2D eigenvalue weighted by molar-refractivity contribution is 0.299. The molecule has 1 aliphatic carbocycles. The van der Waals surface area contributed by atoms with Crippen molar-refractivity contribution in [1.82, 2.24) is 15.0 Å². The molecule has 1 heterocycles. The lowest BCUT2D eigenvalue weighted by atomic mass is 9.69. The molecule has 1 fully saturated rings. The Labute approximate surface area is 120 Å². The highest BCUT2D eigenvalue weighted by molar-refractivity contribution is 5.45. The van der Waals surface area contributed by atoms with Gasteiger partial charge in [0.15, 0.2) is 0 Å². The Morgan fingerprint density at radius 2 is 1.95 bits per heavy atom. The average Bonchev–Trinajstić information content (AvgIpc) is 2.94. The molecule has 4 nitrogen and oxygen atoms in total. The van der Waals surface area contributed by atoms with E-state index in [0.29, 0.717) is 6.54 Å². The van der Waals surface area contributed by atoms with Crippen LogP contribution in [0.3, 0.4) is 0 Å². The second-order valence-corrected chi connectivity index (χ2v) is 5.84. The van der Waals surface area contributed by atoms with Crippen LogP contribution in [0.5, 0.6) is 0 Å². The predicted molar refractivity (Wildman–Crippen MR) is 79.9 cm³/mol. The van der Waals surface area contributed by atoms with Gasteiger partial charge in [-0.05, 0) is 31.4 Å². The molecule has 0 unspecified atom stereocenters. The van der Waals surface area contributed by atoms with Crippen LogP contribution in [0.15, 0.2) is 30.5 Å². The van der Waals surface area contributed by atoms with Crippen LogP contribution < -0.4 is 5.73 Å². The predicted octanol–water partition coefficient (Wildman–Crippen LogP) is 2.74. The van der Waals surface area contributed by atoms with Gasteiger partial charge in [0.2, 0.25) is 0 Å². The lowest BCUT2D eigenvalue weighted by Gasteiger charge is -2.37. The summed E-state index contributed by atoms with van der Waals surface area (Å²) in [6.07, 6.45) is 7.98. The van der Waals surface area contributed by atoms with Crippen molar-refractivity contribution in [2.24, 2.45) is 5.73 Å². The molecule has 0 spiro atoms. The quantitative estimate of drug-likeness (QED) is 0.933. The van der Waals surface area contributed by atoms with E-state index in [2.05, 4.69) is 28.4 Å². The third-order valence-corrected chi connectivity index (χ3v) is 4.50. The Balaban J connectivity index is 2.09. The van der Waals surface area contributed by atoms with Gasteiger partial charge in [-0.3, -0.25) is 0 Å². The first-order chi connectivity index (χ1) is 9.75. The molecular weight excluding hydrogens is 248 g/mol. The summed E-state index contributed by atoms with van der Waals surface area (Å²) in [5.41, 5.74) is 9.58. The molecular formula is C16H22N4. The number of aryl methyl sites for hydroxylation is 1. The number of rotatable bonds is 3. The molecule has 0 radical (unpaired) electrons. The molecule has 106 valence electrons. The van der Waals surface area contributed by atoms with E-state index < -0.39 is 0 Å². The van der Waals surface area contributed by atoms with Crippen molar-refractivity contribution in [2.75, 3.05) is 6.54 Å². The largest absolute Gasteiger partial charge is 0.330 e. The number of nitrogens with two attached hydrogens (primary N) is 1. The number of benzene rings is 1. The van der Waals surface area contributed by atoms with Gasteiger partial charge in [-0.15, -0.1) is 0 Å². The summed E-state index contributed by atoms with van der Waals surface area (Å²) in [5.74, 6) is 0. The molecule has 1 saturated carbocycles. The van der Waals surface area contributed by atoms with Gasteiger partial charge in [-0.25, -0.2) is 0 Å². The van der Waals surface area contributed by atoms with E-state index in [4.69, 9.17) is 5.73 Å². The smallest absolute Gasteiger partial charge is 0.0894 e. The SMILES string of the molecule is Cc1cnn(-c2ccccc2C2(CN)CCCCC2)n1. The zero-order valence-corrected chi connectivity index (χ0v) is 12.0. The Morgan fingerprint density at radius 1 is 1.20 bits per heavy atom. The molecule has 4 heteroatoms. The normalized spacial score (nSPS) is 18.1. The van der Waals surface area contributed by atoms with Crippen LogP contribution in [0, 0.1) is 6.92 Å². The van der Waals surface area contributed by atoms with Crippen molar-refractivity contribution in [3.8, 4) is 5.69 Å². The molecule has 0 aliphatic heterocycles. The molecule has 0 amide bonds. The average molecular weight is 270 g/mol. The van der Waals surface area contributed by atoms with Crippen LogP contribution in [0.25, 0.3) is 5.69 Å². The monoisotopic (exact) mass is 270 g/mol. The van der Waals surface area contributed by atoms with Gasteiger partial charge >= 0.3 is 0 Å². The summed E-state index contributed by atoms with van der Waals surface area (Å²) >= 11 is 0. The fourth-order valence-corrected chi connectivity index (χ4v) is 3.36. The Bertz CT molecular complexity index is 582. The summed E-state index contributed by atoms with van der Waals surface area (Å²) in [4.78, 5) is 1.75. The number of hydrogen-bond acceptors (Lipinski definition) is 3. The number of hydrogen-bond donors (Lipinski definition) is 1. The topological polar surface area (TPSA) is 56.7 Å². The maximum absolute atomic E-state index is 6.17. The number of para-hydroxylation sites is 1. The Kier molecular flexibility index (Phi) is 3.57. The fourth-order valence-electron chi connectivity index (χ4n) is 3.36. The van der Waals surface area contributed by atoms with E-state index in [9.17, 15) is 0 Å². The maximum Gasteiger partial charge on any atom is 0.0894 e. The molecule has 0 bridgehead atoms. The Morgan fingerprint density at radius 3 is 2.60 bits per heavy atom. The zero-order valence-electron chi connectivity index (χ0n) is 12.0. The van der Waals surface area contributed by atoms with E-state index >= 15 is 0 Å². The second kappa shape index (κ2) is 5.37. The van der Waals surface area contributed by atoms with Crippen molar-refractivity contribution < 1.29 is 0 Å². The van der Waals surface area contributed by atoms with Crippen LogP contribution in [0.1, 0.15) is 43.4 Å². The van der Waals surface area contributed by atoms with Crippen LogP contribution in [0.2, 0.25) is 0 Å². The number of nitrogens with zero attached hydrogens (tertiary/aromatic N) is 3. The second-order valence-electron chi connectivity index (χ2n) is 5.84. The van der Waals surface area contributed by atoms with Crippen LogP contribution in [-0.2, 0) is 5.41 Å². The molecule has 20 heavy (non-hydrogen) atoms. The molecule has 1 aromatic heterocycles. The van der Waals surface area contributed by atoms with E-state index in [1.165, 1.54) is 37.7 Å². The van der Waals surface area contributed by atoms with E-state index in [1.54, 1.807) is 11.0 Å². The molecule has 1 aliphatic rings. The number of aromatic nitrogens is 3. The summed E-state index contributed by atoms with van der Waals surface area (Å²) < 4.78 is 0. The van der Waals surface area contributed by atoms with Gasteiger partial charge in [0, 0.05) is 12.0 Å². The van der Waals surface area contributed by atoms with Gasteiger partial charge in [0.25, 0.3) is 0 Å². The van der Waals surface area contributed by atoms with E-state index in [0.717, 1.165) is 11.4 Å². The lowest BCUT2D eigenvalue weighted by Crippen LogP contribution is -2.38. The summed E-state index contributed by atoms with van der Waals surface area (Å²) in [6, 6.07) is 8.44. The van der Waals surface area contributed by atoms with Gasteiger partial charge < -0.3 is 5.73 Å². The fraction of sp³-hybridized carbons (Fsp3) is 0.500. The van der Waals surface area contributed by atoms with E-state index in [1.807, 2.05) is 13.0 Å². The minimum Gasteiger partial charge on any atom is -0.330 e. The zero-order chi connectivity index (χ0) is 14.0. The van der Waals surface area contributed by atoms with Gasteiger partial charge in [-0.2, -0.15) is 15.0 Å². The van der Waals surface area contributed by atoms with Gasteiger partial charge in [0.1, 0.15) is 0 Å². The summed E-state index contributed by atoms with van der Waals surface area (Å²) in [5, 5.41) is 8.84. The van der Waals surface area contributed by atoms with Crippen LogP contribution >= 0.6 is 0 Å². The third kappa shape index (κ3) is 2.24. The van der Waals surface area contributed by atoms with Crippen LogP contribution in [0.4, 0.5) is 0 Å². The van der Waals surface area contributed by atoms with E-state index in [-0.39, 0.29) is 5.41 Å². The Hall–Kier alpha value is -1.68. The van der Waals surface area contributed by atoms with Gasteiger partial charge in [-0.1, -0.05) is 37.5 Å². The molecule has 3 rings (SSSR count). The maximum atomic E-state index is 6.17. The standard InChI is InChI=1S/C16H22N4/c1-13-11-18-20(19-13)15-8-4-3-7-14(15)16(12-17)9-5-2-6-10-16/h3-4,7-8,11H,2,5-6,9-10,12,17H2,1H3. The first-order valence-corrected chi connectivity index (χ1v) is 7.44. The van der Waals surface area contributed by atoms with Crippen LogP contribution in [-0.4, -0.2) is 21.5 Å². The molecule has 0 saturated heterocycles. The highest BCUT2D eigenvalue weighted by Crippen LogP contribution is 2.40. The van der Waals surface area contributed by atoms with Crippen molar-refractivity contribution in [2.45, 2.75) is 44.4 Å². The third-order valence-electron chi connectivity index (χ3n) is 4.50. The molecule has 2 aromatic rings. The van der Waals surface area contributed by atoms with Crippen molar-refractivity contribution in [3.63, 3.8) is 0 Å². The minimum absolute atomic E-state index is 0.0936. The molecule has 1 aromatic carbocycles. The van der Waals surface area contributed by atoms with Crippen molar-refractivity contribution >= 4 is 0 Å². The molecule has 2 N–H and O–H groups in total. The summed E-state index contributed by atoms with van der Waals surface area (Å²) in [6.45, 7) is 2.66. The molecule has 0 atom stereocenters. The highest BCUT2D eigenvalue weighted by Gasteiger charge is 2.34. The highest BCUT2D eigenvalue weighted by atomic mass is 15.5. The first kappa shape index (κ1) is 13.3.